The molecule has 4 nitrogen and oxygen atoms in total. The quantitative estimate of drug-likeness (QED) is 0.631. The lowest BCUT2D eigenvalue weighted by Crippen LogP contribution is -2.20. The fraction of sp³-hybridized carbons (Fsp3) is 0. The van der Waals surface area contributed by atoms with Crippen LogP contribution < -0.4 is 10.6 Å². The molecule has 0 bridgehead atoms. The number of imidazole rings is 1. The molecule has 3 aromatic rings. The van der Waals surface area contributed by atoms with Crippen molar-refractivity contribution in [1.82, 2.24) is 9.97 Å². The Morgan fingerprint density at radius 2 is 1.80 bits per heavy atom. The van der Waals surface area contributed by atoms with Gasteiger partial charge in [-0.2, -0.15) is 0 Å². The zero-order chi connectivity index (χ0) is 13.9. The van der Waals surface area contributed by atoms with Crippen LogP contribution in [0.25, 0.3) is 11.0 Å². The van der Waals surface area contributed by atoms with Gasteiger partial charge in [-0.25, -0.2) is 9.37 Å². The van der Waals surface area contributed by atoms with Crippen LogP contribution in [0.2, 0.25) is 0 Å². The predicted octanol–water partition coefficient (Wildman–Crippen LogP) is 3.51. The average Bonchev–Trinajstić information content (AvgIpc) is 2.83. The second kappa shape index (κ2) is 5.26. The Bertz CT molecular complexity index is 735. The van der Waals surface area contributed by atoms with Crippen LogP contribution in [0.3, 0.4) is 0 Å². The van der Waals surface area contributed by atoms with E-state index in [4.69, 9.17) is 12.2 Å². The van der Waals surface area contributed by atoms with Gasteiger partial charge in [0.15, 0.2) is 5.11 Å². The summed E-state index contributed by atoms with van der Waals surface area (Å²) in [5.74, 6) is 0.154. The first-order valence-electron chi connectivity index (χ1n) is 6.00. The number of hydrogen-bond donors (Lipinski definition) is 3. The van der Waals surface area contributed by atoms with Crippen molar-refractivity contribution < 1.29 is 4.39 Å². The first-order chi connectivity index (χ1) is 9.72. The van der Waals surface area contributed by atoms with Crippen LogP contribution in [0.4, 0.5) is 16.0 Å². The number of thiocarbonyl (C=S) groups is 1. The molecule has 0 amide bonds. The number of hydrogen-bond acceptors (Lipinski definition) is 2. The van der Waals surface area contributed by atoms with Gasteiger partial charge in [0, 0.05) is 0 Å². The standard InChI is InChI=1S/C14H11FN4S/c15-9-5-1-2-6-10(9)18-14(20)19-13-16-11-7-3-4-8-12(11)17-13/h1-8H,(H3,16,17,18,19,20). The highest BCUT2D eigenvalue weighted by Crippen LogP contribution is 2.15. The van der Waals surface area contributed by atoms with Gasteiger partial charge in [0.1, 0.15) is 5.82 Å². The molecule has 0 fully saturated rings. The normalized spacial score (nSPS) is 10.4. The summed E-state index contributed by atoms with van der Waals surface area (Å²) < 4.78 is 13.5. The van der Waals surface area contributed by atoms with Crippen molar-refractivity contribution in [1.29, 1.82) is 0 Å². The number of anilines is 2. The molecule has 1 aromatic heterocycles. The molecule has 0 saturated carbocycles. The monoisotopic (exact) mass is 286 g/mol. The fourth-order valence-electron chi connectivity index (χ4n) is 1.84. The van der Waals surface area contributed by atoms with Crippen LogP contribution >= 0.6 is 12.2 Å². The fourth-order valence-corrected chi connectivity index (χ4v) is 2.04. The molecule has 2 aromatic carbocycles. The highest BCUT2D eigenvalue weighted by Gasteiger charge is 2.06. The number of halogens is 1. The molecule has 0 spiro atoms. The summed E-state index contributed by atoms with van der Waals surface area (Å²) in [7, 11) is 0. The maximum absolute atomic E-state index is 13.5. The summed E-state index contributed by atoms with van der Waals surface area (Å²) in [6, 6.07) is 14.0. The number of aromatic amines is 1. The summed E-state index contributed by atoms with van der Waals surface area (Å²) in [6.45, 7) is 0. The van der Waals surface area contributed by atoms with Crippen molar-refractivity contribution >= 4 is 40.0 Å². The van der Waals surface area contributed by atoms with Crippen LogP contribution in [0.1, 0.15) is 0 Å². The number of fused-ring (bicyclic) bond motifs is 1. The van der Waals surface area contributed by atoms with Crippen LogP contribution in [0, 0.1) is 5.82 Å². The Morgan fingerprint density at radius 3 is 2.60 bits per heavy atom. The number of nitrogens with one attached hydrogen (secondary N) is 3. The molecule has 3 rings (SSSR count). The summed E-state index contributed by atoms with van der Waals surface area (Å²) in [4.78, 5) is 7.41. The van der Waals surface area contributed by atoms with Gasteiger partial charge < -0.3 is 15.6 Å². The molecule has 100 valence electrons. The molecule has 0 saturated heterocycles. The first-order valence-corrected chi connectivity index (χ1v) is 6.40. The highest BCUT2D eigenvalue weighted by atomic mass is 32.1. The second-order valence-corrected chi connectivity index (χ2v) is 4.57. The Hall–Kier alpha value is -2.47. The van der Waals surface area contributed by atoms with E-state index in [1.807, 2.05) is 24.3 Å². The third-order valence-electron chi connectivity index (χ3n) is 2.74. The molecule has 6 heteroatoms. The minimum atomic E-state index is -0.360. The van der Waals surface area contributed by atoms with Crippen molar-refractivity contribution in [2.75, 3.05) is 10.6 Å². The van der Waals surface area contributed by atoms with Crippen LogP contribution in [-0.2, 0) is 0 Å². The molecule has 0 aliphatic rings. The van der Waals surface area contributed by atoms with E-state index in [2.05, 4.69) is 20.6 Å². The van der Waals surface area contributed by atoms with Crippen LogP contribution in [0.5, 0.6) is 0 Å². The zero-order valence-corrected chi connectivity index (χ0v) is 11.2. The lowest BCUT2D eigenvalue weighted by molar-refractivity contribution is 0.632. The number of H-pyrrole nitrogens is 1. The molecular weight excluding hydrogens is 275 g/mol. The van der Waals surface area contributed by atoms with Crippen molar-refractivity contribution in [3.8, 4) is 0 Å². The predicted molar refractivity (Wildman–Crippen MR) is 82.3 cm³/mol. The van der Waals surface area contributed by atoms with Crippen molar-refractivity contribution in [2.24, 2.45) is 0 Å². The average molecular weight is 286 g/mol. The smallest absolute Gasteiger partial charge is 0.207 e. The van der Waals surface area contributed by atoms with E-state index in [-0.39, 0.29) is 10.9 Å². The number of nitrogens with zero attached hydrogens (tertiary/aromatic N) is 1. The van der Waals surface area contributed by atoms with E-state index in [0.29, 0.717) is 11.6 Å². The van der Waals surface area contributed by atoms with E-state index in [1.54, 1.807) is 18.2 Å². The third kappa shape index (κ3) is 2.60. The van der Waals surface area contributed by atoms with E-state index in [9.17, 15) is 4.39 Å². The maximum atomic E-state index is 13.5. The Morgan fingerprint density at radius 1 is 1.05 bits per heavy atom. The van der Waals surface area contributed by atoms with E-state index in [1.165, 1.54) is 6.07 Å². The van der Waals surface area contributed by atoms with Gasteiger partial charge in [-0.05, 0) is 36.5 Å². The van der Waals surface area contributed by atoms with Crippen LogP contribution in [-0.4, -0.2) is 15.1 Å². The molecule has 0 aliphatic carbocycles. The van der Waals surface area contributed by atoms with Gasteiger partial charge in [0.25, 0.3) is 0 Å². The minimum Gasteiger partial charge on any atom is -0.330 e. The molecule has 20 heavy (non-hydrogen) atoms. The van der Waals surface area contributed by atoms with E-state index < -0.39 is 0 Å². The SMILES string of the molecule is Fc1ccccc1NC(=S)Nc1nc2ccccc2[nH]1. The molecule has 3 N–H and O–H groups in total. The summed E-state index contributed by atoms with van der Waals surface area (Å²) in [6.07, 6.45) is 0. The first kappa shape index (κ1) is 12.6. The number of aromatic nitrogens is 2. The van der Waals surface area contributed by atoms with Gasteiger partial charge >= 0.3 is 0 Å². The number of rotatable bonds is 2. The molecule has 0 atom stereocenters. The number of benzene rings is 2. The van der Waals surface area contributed by atoms with E-state index in [0.717, 1.165) is 11.0 Å². The summed E-state index contributed by atoms with van der Waals surface area (Å²) >= 11 is 5.13. The lowest BCUT2D eigenvalue weighted by atomic mass is 10.3. The highest BCUT2D eigenvalue weighted by molar-refractivity contribution is 7.80. The van der Waals surface area contributed by atoms with Gasteiger partial charge in [-0.1, -0.05) is 24.3 Å². The van der Waals surface area contributed by atoms with Gasteiger partial charge in [-0.15, -0.1) is 0 Å². The molecular formula is C14H11FN4S. The molecule has 0 unspecified atom stereocenters. The lowest BCUT2D eigenvalue weighted by Gasteiger charge is -2.08. The topological polar surface area (TPSA) is 52.7 Å². The number of para-hydroxylation sites is 3. The summed E-state index contributed by atoms with van der Waals surface area (Å²) in [5, 5.41) is 5.95. The Labute approximate surface area is 120 Å². The third-order valence-corrected chi connectivity index (χ3v) is 2.95. The molecule has 0 radical (unpaired) electrons. The minimum absolute atomic E-state index is 0.272. The largest absolute Gasteiger partial charge is 0.330 e. The molecule has 0 aliphatic heterocycles. The Balaban J connectivity index is 1.74. The van der Waals surface area contributed by atoms with Crippen molar-refractivity contribution in [3.05, 3.63) is 54.3 Å². The second-order valence-electron chi connectivity index (χ2n) is 4.16. The maximum Gasteiger partial charge on any atom is 0.207 e. The summed E-state index contributed by atoms with van der Waals surface area (Å²) in [5.41, 5.74) is 2.06. The zero-order valence-electron chi connectivity index (χ0n) is 10.4. The Kier molecular flexibility index (Phi) is 3.30. The van der Waals surface area contributed by atoms with Crippen LogP contribution in [0.15, 0.2) is 48.5 Å². The van der Waals surface area contributed by atoms with E-state index >= 15 is 0 Å². The van der Waals surface area contributed by atoms with Gasteiger partial charge in [-0.3, -0.25) is 0 Å². The van der Waals surface area contributed by atoms with Gasteiger partial charge in [0.05, 0.1) is 16.7 Å². The molecule has 1 heterocycles. The van der Waals surface area contributed by atoms with Crippen molar-refractivity contribution in [3.63, 3.8) is 0 Å². The van der Waals surface area contributed by atoms with Crippen molar-refractivity contribution in [2.45, 2.75) is 0 Å². The van der Waals surface area contributed by atoms with Gasteiger partial charge in [0.2, 0.25) is 5.95 Å².